The van der Waals surface area contributed by atoms with Crippen molar-refractivity contribution in [2.24, 2.45) is 0 Å². The van der Waals surface area contributed by atoms with Crippen molar-refractivity contribution in [1.29, 1.82) is 0 Å². The minimum atomic E-state index is 1.07. The maximum Gasteiger partial charge on any atom is 0.0732 e. The Labute approximate surface area is 195 Å². The fourth-order valence-electron chi connectivity index (χ4n) is 4.83. The average molecular weight is 582 g/mol. The van der Waals surface area contributed by atoms with E-state index in [4.69, 9.17) is 0 Å². The number of benzene rings is 4. The molecule has 144 valence electrons. The van der Waals surface area contributed by atoms with Gasteiger partial charge in [0.25, 0.3) is 0 Å². The fourth-order valence-corrected chi connectivity index (χ4v) is 5.92. The second-order valence-electron chi connectivity index (χ2n) is 7.69. The molecule has 30 heavy (non-hydrogen) atoms. The second-order valence-corrected chi connectivity index (χ2v) is 10.4. The highest BCUT2D eigenvalue weighted by atomic mass is 79.9. The molecule has 0 spiro atoms. The molecular weight excluding hydrogens is 570 g/mol. The number of aromatic amines is 3. The van der Waals surface area contributed by atoms with Gasteiger partial charge in [-0.2, -0.15) is 0 Å². The standard InChI is InChI=1S/C24H12Br3N3/c25-10-1-4-16-13(7-10)19-20-14-8-11(26)2-5-17(14)29-23(20)24-21(22(19)28-16)15-9-12(27)3-6-18(15)30-24/h1-9,28-30H. The van der Waals surface area contributed by atoms with Gasteiger partial charge >= 0.3 is 0 Å². The Bertz CT molecular complexity index is 1840. The summed E-state index contributed by atoms with van der Waals surface area (Å²) in [4.78, 5) is 11.1. The summed E-state index contributed by atoms with van der Waals surface area (Å²) in [6.07, 6.45) is 0. The zero-order valence-electron chi connectivity index (χ0n) is 15.3. The minimum absolute atomic E-state index is 1.07. The first-order valence-corrected chi connectivity index (χ1v) is 11.9. The Morgan fingerprint density at radius 1 is 0.433 bits per heavy atom. The van der Waals surface area contributed by atoms with Crippen molar-refractivity contribution < 1.29 is 0 Å². The molecule has 7 aromatic rings. The lowest BCUT2D eigenvalue weighted by Gasteiger charge is -2.01. The Balaban J connectivity index is 1.91. The van der Waals surface area contributed by atoms with Crippen LogP contribution in [0, 0.1) is 0 Å². The largest absolute Gasteiger partial charge is 0.354 e. The van der Waals surface area contributed by atoms with Gasteiger partial charge in [0.15, 0.2) is 0 Å². The van der Waals surface area contributed by atoms with Gasteiger partial charge in [-0.25, -0.2) is 0 Å². The molecule has 7 rings (SSSR count). The van der Waals surface area contributed by atoms with Crippen LogP contribution in [0.25, 0.3) is 65.4 Å². The molecule has 0 aliphatic heterocycles. The number of nitrogens with one attached hydrogen (secondary N) is 3. The first-order chi connectivity index (χ1) is 14.6. The van der Waals surface area contributed by atoms with E-state index in [-0.39, 0.29) is 0 Å². The Morgan fingerprint density at radius 2 is 0.800 bits per heavy atom. The van der Waals surface area contributed by atoms with Gasteiger partial charge in [0.2, 0.25) is 0 Å². The first-order valence-electron chi connectivity index (χ1n) is 9.53. The molecule has 4 aromatic carbocycles. The van der Waals surface area contributed by atoms with Crippen LogP contribution in [0.15, 0.2) is 68.0 Å². The number of rotatable bonds is 0. The van der Waals surface area contributed by atoms with Crippen molar-refractivity contribution >= 4 is 113 Å². The highest BCUT2D eigenvalue weighted by Gasteiger charge is 2.21. The van der Waals surface area contributed by atoms with Crippen molar-refractivity contribution in [1.82, 2.24) is 15.0 Å². The highest BCUT2D eigenvalue weighted by Crippen LogP contribution is 2.45. The number of aromatic nitrogens is 3. The number of fused-ring (bicyclic) bond motifs is 12. The van der Waals surface area contributed by atoms with Gasteiger partial charge in [-0.1, -0.05) is 47.8 Å². The summed E-state index contributed by atoms with van der Waals surface area (Å²) in [7, 11) is 0. The number of hydrogen-bond acceptors (Lipinski definition) is 0. The third-order valence-electron chi connectivity index (χ3n) is 6.03. The molecule has 0 aliphatic rings. The van der Waals surface area contributed by atoms with Gasteiger partial charge in [-0.05, 0) is 54.6 Å². The van der Waals surface area contributed by atoms with Crippen LogP contribution in [0.4, 0.5) is 0 Å². The summed E-state index contributed by atoms with van der Waals surface area (Å²) in [6, 6.07) is 19.3. The number of halogens is 3. The molecule has 3 nitrogen and oxygen atoms in total. The molecule has 0 fully saturated rings. The molecule has 0 saturated carbocycles. The lowest BCUT2D eigenvalue weighted by molar-refractivity contribution is 1.51. The maximum atomic E-state index is 3.73. The van der Waals surface area contributed by atoms with Crippen LogP contribution >= 0.6 is 47.8 Å². The quantitative estimate of drug-likeness (QED) is 0.160. The van der Waals surface area contributed by atoms with E-state index in [9.17, 15) is 0 Å². The predicted molar refractivity (Wildman–Crippen MR) is 138 cm³/mol. The summed E-state index contributed by atoms with van der Waals surface area (Å²) in [6.45, 7) is 0. The molecule has 0 amide bonds. The van der Waals surface area contributed by atoms with Crippen molar-refractivity contribution in [3.8, 4) is 0 Å². The minimum Gasteiger partial charge on any atom is -0.354 e. The van der Waals surface area contributed by atoms with Crippen LogP contribution in [-0.2, 0) is 0 Å². The summed E-state index contributed by atoms with van der Waals surface area (Å²) in [5, 5.41) is 7.34. The molecule has 0 atom stereocenters. The van der Waals surface area contributed by atoms with E-state index in [1.165, 1.54) is 32.3 Å². The Hall–Kier alpha value is -2.28. The molecular formula is C24H12Br3N3. The van der Waals surface area contributed by atoms with Gasteiger partial charge in [0.1, 0.15) is 0 Å². The van der Waals surface area contributed by atoms with Gasteiger partial charge in [0, 0.05) is 62.3 Å². The predicted octanol–water partition coefficient (Wildman–Crippen LogP) is 8.88. The Morgan fingerprint density at radius 3 is 1.30 bits per heavy atom. The van der Waals surface area contributed by atoms with E-state index >= 15 is 0 Å². The van der Waals surface area contributed by atoms with E-state index in [1.54, 1.807) is 0 Å². The summed E-state index contributed by atoms with van der Waals surface area (Å²) in [5.74, 6) is 0. The van der Waals surface area contributed by atoms with Crippen LogP contribution in [-0.4, -0.2) is 15.0 Å². The van der Waals surface area contributed by atoms with E-state index in [2.05, 4.69) is 117 Å². The molecule has 0 radical (unpaired) electrons. The normalized spacial score (nSPS) is 12.5. The van der Waals surface area contributed by atoms with Gasteiger partial charge in [-0.15, -0.1) is 0 Å². The summed E-state index contributed by atoms with van der Waals surface area (Å²) in [5.41, 5.74) is 6.82. The van der Waals surface area contributed by atoms with E-state index in [0.717, 1.165) is 46.5 Å². The topological polar surface area (TPSA) is 47.4 Å². The molecule has 0 saturated heterocycles. The van der Waals surface area contributed by atoms with Crippen molar-refractivity contribution in [3.63, 3.8) is 0 Å². The molecule has 3 N–H and O–H groups in total. The van der Waals surface area contributed by atoms with E-state index in [0.29, 0.717) is 0 Å². The zero-order valence-corrected chi connectivity index (χ0v) is 20.1. The van der Waals surface area contributed by atoms with Gasteiger partial charge < -0.3 is 15.0 Å². The smallest absolute Gasteiger partial charge is 0.0732 e. The summed E-state index contributed by atoms with van der Waals surface area (Å²) >= 11 is 11.0. The zero-order chi connectivity index (χ0) is 20.1. The SMILES string of the molecule is Brc1ccc2[nH]c3c4[nH]c5ccc(Br)cc5c4c4c5cc(Br)ccc5[nH]c4c3c2c1. The average Bonchev–Trinajstić information content (AvgIpc) is 3.38. The van der Waals surface area contributed by atoms with Gasteiger partial charge in [0.05, 0.1) is 16.6 Å². The molecule has 0 unspecified atom stereocenters. The van der Waals surface area contributed by atoms with Crippen molar-refractivity contribution in [2.45, 2.75) is 0 Å². The van der Waals surface area contributed by atoms with Crippen LogP contribution in [0.3, 0.4) is 0 Å². The molecule has 0 bridgehead atoms. The summed E-state index contributed by atoms with van der Waals surface area (Å²) < 4.78 is 3.22. The Kier molecular flexibility index (Phi) is 3.42. The third kappa shape index (κ3) is 2.19. The monoisotopic (exact) mass is 579 g/mol. The lowest BCUT2D eigenvalue weighted by Crippen LogP contribution is -1.78. The molecule has 6 heteroatoms. The fraction of sp³-hybridized carbons (Fsp3) is 0. The van der Waals surface area contributed by atoms with Crippen molar-refractivity contribution in [3.05, 3.63) is 68.0 Å². The molecule has 0 aliphatic carbocycles. The van der Waals surface area contributed by atoms with Crippen LogP contribution in [0.5, 0.6) is 0 Å². The molecule has 3 heterocycles. The van der Waals surface area contributed by atoms with Crippen LogP contribution < -0.4 is 0 Å². The maximum absolute atomic E-state index is 3.73. The lowest BCUT2D eigenvalue weighted by atomic mass is 10.0. The second kappa shape index (κ2) is 5.90. The number of H-pyrrole nitrogens is 3. The molecule has 3 aromatic heterocycles. The van der Waals surface area contributed by atoms with E-state index < -0.39 is 0 Å². The van der Waals surface area contributed by atoms with Crippen molar-refractivity contribution in [2.75, 3.05) is 0 Å². The third-order valence-corrected chi connectivity index (χ3v) is 7.51. The number of hydrogen-bond donors (Lipinski definition) is 3. The highest BCUT2D eigenvalue weighted by molar-refractivity contribution is 9.11. The first kappa shape index (κ1) is 17.4. The van der Waals surface area contributed by atoms with Crippen LogP contribution in [0.1, 0.15) is 0 Å². The van der Waals surface area contributed by atoms with Gasteiger partial charge in [-0.3, -0.25) is 0 Å². The van der Waals surface area contributed by atoms with E-state index in [1.807, 2.05) is 0 Å². The van der Waals surface area contributed by atoms with Crippen LogP contribution in [0.2, 0.25) is 0 Å².